The van der Waals surface area contributed by atoms with Crippen LogP contribution in [-0.4, -0.2) is 43.6 Å². The van der Waals surface area contributed by atoms with Crippen LogP contribution in [0.3, 0.4) is 0 Å². The monoisotopic (exact) mass is 290 g/mol. The minimum atomic E-state index is 0.280. The quantitative estimate of drug-likeness (QED) is 0.873. The van der Waals surface area contributed by atoms with Crippen molar-refractivity contribution in [1.82, 2.24) is 10.2 Å². The zero-order chi connectivity index (χ0) is 15.1. The Morgan fingerprint density at radius 3 is 2.81 bits per heavy atom. The lowest BCUT2D eigenvalue weighted by Crippen LogP contribution is -2.46. The van der Waals surface area contributed by atoms with Gasteiger partial charge in [0, 0.05) is 32.6 Å². The lowest BCUT2D eigenvalue weighted by molar-refractivity contribution is -0.131. The standard InChI is InChI=1S/C17H26N2O2/c1-3-21-16-8-7-14(2)13-15(16)5-4-6-17(20)19-11-9-18-10-12-19/h7-8,13,18H,3-6,9-12H2,1-2H3. The highest BCUT2D eigenvalue weighted by Crippen LogP contribution is 2.22. The summed E-state index contributed by atoms with van der Waals surface area (Å²) in [5.74, 6) is 1.24. The third kappa shape index (κ3) is 4.74. The van der Waals surface area contributed by atoms with Crippen LogP contribution in [0.2, 0.25) is 0 Å². The second kappa shape index (κ2) is 8.03. The van der Waals surface area contributed by atoms with Gasteiger partial charge in [-0.3, -0.25) is 4.79 Å². The van der Waals surface area contributed by atoms with Crippen LogP contribution in [0.15, 0.2) is 18.2 Å². The first-order valence-corrected chi connectivity index (χ1v) is 7.91. The van der Waals surface area contributed by atoms with Crippen LogP contribution in [0.25, 0.3) is 0 Å². The van der Waals surface area contributed by atoms with E-state index >= 15 is 0 Å². The second-order valence-electron chi connectivity index (χ2n) is 5.53. The predicted octanol–water partition coefficient (Wildman–Crippen LogP) is 2.15. The minimum Gasteiger partial charge on any atom is -0.494 e. The fourth-order valence-electron chi connectivity index (χ4n) is 2.70. The Hall–Kier alpha value is -1.55. The van der Waals surface area contributed by atoms with Gasteiger partial charge in [-0.2, -0.15) is 0 Å². The number of hydrogen-bond donors (Lipinski definition) is 1. The van der Waals surface area contributed by atoms with Crippen molar-refractivity contribution in [2.24, 2.45) is 0 Å². The van der Waals surface area contributed by atoms with Gasteiger partial charge in [0.15, 0.2) is 0 Å². The summed E-state index contributed by atoms with van der Waals surface area (Å²) in [6.07, 6.45) is 2.40. The molecule has 1 aliphatic rings. The van der Waals surface area contributed by atoms with Gasteiger partial charge < -0.3 is 15.0 Å². The molecule has 1 saturated heterocycles. The molecule has 1 aromatic carbocycles. The first-order valence-electron chi connectivity index (χ1n) is 7.91. The van der Waals surface area contributed by atoms with Crippen molar-refractivity contribution >= 4 is 5.91 Å². The van der Waals surface area contributed by atoms with Crippen molar-refractivity contribution in [2.45, 2.75) is 33.1 Å². The first-order chi connectivity index (χ1) is 10.2. The van der Waals surface area contributed by atoms with Gasteiger partial charge in [0.05, 0.1) is 6.61 Å². The predicted molar refractivity (Wildman–Crippen MR) is 84.7 cm³/mol. The number of ether oxygens (including phenoxy) is 1. The van der Waals surface area contributed by atoms with E-state index in [1.165, 1.54) is 11.1 Å². The van der Waals surface area contributed by atoms with E-state index in [4.69, 9.17) is 4.74 Å². The number of nitrogens with zero attached hydrogens (tertiary/aromatic N) is 1. The largest absolute Gasteiger partial charge is 0.494 e. The topological polar surface area (TPSA) is 41.6 Å². The summed E-state index contributed by atoms with van der Waals surface area (Å²) in [6.45, 7) is 8.27. The highest BCUT2D eigenvalue weighted by molar-refractivity contribution is 5.76. The van der Waals surface area contributed by atoms with Crippen LogP contribution < -0.4 is 10.1 Å². The maximum atomic E-state index is 12.1. The normalized spacial score (nSPS) is 15.0. The number of nitrogens with one attached hydrogen (secondary N) is 1. The Morgan fingerprint density at radius 1 is 1.33 bits per heavy atom. The molecule has 0 bridgehead atoms. The molecule has 1 aromatic rings. The smallest absolute Gasteiger partial charge is 0.222 e. The number of benzene rings is 1. The van der Waals surface area contributed by atoms with Crippen LogP contribution in [0.5, 0.6) is 5.75 Å². The average molecular weight is 290 g/mol. The summed E-state index contributed by atoms with van der Waals surface area (Å²) >= 11 is 0. The summed E-state index contributed by atoms with van der Waals surface area (Å²) in [7, 11) is 0. The lowest BCUT2D eigenvalue weighted by atomic mass is 10.0. The second-order valence-corrected chi connectivity index (χ2v) is 5.53. The van der Waals surface area contributed by atoms with Crippen LogP contribution in [0.1, 0.15) is 30.9 Å². The number of piperazine rings is 1. The van der Waals surface area contributed by atoms with E-state index in [2.05, 4.69) is 24.4 Å². The van der Waals surface area contributed by atoms with E-state index in [0.29, 0.717) is 13.0 Å². The minimum absolute atomic E-state index is 0.280. The number of carbonyl (C=O) groups excluding carboxylic acids is 1. The third-order valence-corrected chi connectivity index (χ3v) is 3.82. The fourth-order valence-corrected chi connectivity index (χ4v) is 2.70. The van der Waals surface area contributed by atoms with Crippen LogP contribution in [-0.2, 0) is 11.2 Å². The van der Waals surface area contributed by atoms with Gasteiger partial charge in [-0.1, -0.05) is 17.7 Å². The first kappa shape index (κ1) is 15.8. The molecule has 21 heavy (non-hydrogen) atoms. The van der Waals surface area contributed by atoms with Crippen molar-refractivity contribution in [3.8, 4) is 5.75 Å². The molecule has 0 saturated carbocycles. The number of aryl methyl sites for hydroxylation is 2. The Bertz CT molecular complexity index is 468. The molecule has 1 amide bonds. The van der Waals surface area contributed by atoms with Crippen molar-refractivity contribution in [3.63, 3.8) is 0 Å². The molecule has 0 radical (unpaired) electrons. The van der Waals surface area contributed by atoms with Gasteiger partial charge in [-0.15, -0.1) is 0 Å². The Kier molecular flexibility index (Phi) is 6.05. The lowest BCUT2D eigenvalue weighted by Gasteiger charge is -2.27. The number of carbonyl (C=O) groups is 1. The number of rotatable bonds is 6. The summed E-state index contributed by atoms with van der Waals surface area (Å²) < 4.78 is 5.66. The molecule has 4 nitrogen and oxygen atoms in total. The number of hydrogen-bond acceptors (Lipinski definition) is 3. The summed E-state index contributed by atoms with van der Waals surface area (Å²) in [4.78, 5) is 14.1. The molecule has 2 rings (SSSR count). The average Bonchev–Trinajstić information content (AvgIpc) is 2.51. The maximum absolute atomic E-state index is 12.1. The molecular weight excluding hydrogens is 264 g/mol. The Labute approximate surface area is 127 Å². The van der Waals surface area contributed by atoms with Crippen molar-refractivity contribution in [3.05, 3.63) is 29.3 Å². The Morgan fingerprint density at radius 2 is 2.10 bits per heavy atom. The van der Waals surface area contributed by atoms with Crippen molar-refractivity contribution in [2.75, 3.05) is 32.8 Å². The zero-order valence-electron chi connectivity index (χ0n) is 13.2. The van der Waals surface area contributed by atoms with E-state index < -0.39 is 0 Å². The highest BCUT2D eigenvalue weighted by Gasteiger charge is 2.15. The molecule has 4 heteroatoms. The van der Waals surface area contributed by atoms with Crippen LogP contribution in [0.4, 0.5) is 0 Å². The molecule has 1 fully saturated rings. The molecule has 116 valence electrons. The maximum Gasteiger partial charge on any atom is 0.222 e. The third-order valence-electron chi connectivity index (χ3n) is 3.82. The van der Waals surface area contributed by atoms with Gasteiger partial charge in [0.2, 0.25) is 5.91 Å². The van der Waals surface area contributed by atoms with E-state index in [1.807, 2.05) is 17.9 Å². The van der Waals surface area contributed by atoms with Gasteiger partial charge >= 0.3 is 0 Å². The molecule has 1 aliphatic heterocycles. The molecule has 0 unspecified atom stereocenters. The Balaban J connectivity index is 1.84. The van der Waals surface area contributed by atoms with E-state index in [9.17, 15) is 4.79 Å². The van der Waals surface area contributed by atoms with Crippen molar-refractivity contribution in [1.29, 1.82) is 0 Å². The zero-order valence-corrected chi connectivity index (χ0v) is 13.2. The van der Waals surface area contributed by atoms with Gasteiger partial charge in [-0.25, -0.2) is 0 Å². The summed E-state index contributed by atoms with van der Waals surface area (Å²) in [5.41, 5.74) is 2.45. The molecular formula is C17H26N2O2. The van der Waals surface area contributed by atoms with Gasteiger partial charge in [0.1, 0.15) is 5.75 Å². The molecule has 0 aromatic heterocycles. The van der Waals surface area contributed by atoms with Gasteiger partial charge in [0.25, 0.3) is 0 Å². The fraction of sp³-hybridized carbons (Fsp3) is 0.588. The van der Waals surface area contributed by atoms with E-state index in [-0.39, 0.29) is 5.91 Å². The van der Waals surface area contributed by atoms with Crippen LogP contribution >= 0.6 is 0 Å². The SMILES string of the molecule is CCOc1ccc(C)cc1CCCC(=O)N1CCNCC1. The summed E-state index contributed by atoms with van der Waals surface area (Å²) in [6, 6.07) is 6.27. The molecule has 0 aliphatic carbocycles. The summed E-state index contributed by atoms with van der Waals surface area (Å²) in [5, 5.41) is 3.27. The van der Waals surface area contributed by atoms with Gasteiger partial charge in [-0.05, 0) is 38.3 Å². The molecule has 1 N–H and O–H groups in total. The molecule has 1 heterocycles. The molecule has 0 atom stereocenters. The molecule has 0 spiro atoms. The van der Waals surface area contributed by atoms with E-state index in [0.717, 1.165) is 44.8 Å². The van der Waals surface area contributed by atoms with E-state index in [1.54, 1.807) is 0 Å². The highest BCUT2D eigenvalue weighted by atomic mass is 16.5. The van der Waals surface area contributed by atoms with Crippen LogP contribution in [0, 0.1) is 6.92 Å². The van der Waals surface area contributed by atoms with Crippen molar-refractivity contribution < 1.29 is 9.53 Å². The number of amides is 1.